The number of esters is 1. The first-order valence-corrected chi connectivity index (χ1v) is 16.7. The molecule has 2 unspecified atom stereocenters. The predicted molar refractivity (Wildman–Crippen MR) is 184 cm³/mol. The molecule has 4 rings (SSSR count). The number of anilines is 1. The highest BCUT2D eigenvalue weighted by molar-refractivity contribution is 8.15. The summed E-state index contributed by atoms with van der Waals surface area (Å²) < 4.78 is 16.3. The van der Waals surface area contributed by atoms with E-state index in [2.05, 4.69) is 43.2 Å². The van der Waals surface area contributed by atoms with Crippen LogP contribution in [0.2, 0.25) is 0 Å². The number of carbonyl (C=O) groups is 2. The number of hydrogen-bond acceptors (Lipinski definition) is 10. The van der Waals surface area contributed by atoms with Crippen molar-refractivity contribution >= 4 is 46.1 Å². The van der Waals surface area contributed by atoms with Crippen LogP contribution < -0.4 is 10.1 Å². The van der Waals surface area contributed by atoms with Crippen LogP contribution in [0.15, 0.2) is 53.0 Å². The fraction of sp³-hybridized carbons (Fsp3) is 0.471. The second kappa shape index (κ2) is 14.2. The summed E-state index contributed by atoms with van der Waals surface area (Å²) in [4.78, 5) is 37.3. The lowest BCUT2D eigenvalue weighted by molar-refractivity contribution is 0.0278. The third-order valence-electron chi connectivity index (χ3n) is 7.20. The Balaban J connectivity index is 1.53. The number of amidine groups is 1. The first-order valence-electron chi connectivity index (χ1n) is 15.0. The molecule has 0 radical (unpaired) electrons. The Bertz CT molecular complexity index is 1530. The molecule has 0 fully saturated rings. The molecule has 242 valence electrons. The van der Waals surface area contributed by atoms with Crippen LogP contribution in [-0.2, 0) is 9.47 Å². The quantitative estimate of drug-likeness (QED) is 0.219. The van der Waals surface area contributed by atoms with Crippen molar-refractivity contribution in [2.75, 3.05) is 32.6 Å². The molecular formula is C34H44N4O5S2. The van der Waals surface area contributed by atoms with Gasteiger partial charge in [-0.1, -0.05) is 43.8 Å². The van der Waals surface area contributed by atoms with E-state index in [1.807, 2.05) is 57.3 Å². The number of carbonyl (C=O) groups excluding carboxylic acids is 2. The fourth-order valence-corrected chi connectivity index (χ4v) is 7.42. The zero-order chi connectivity index (χ0) is 32.9. The van der Waals surface area contributed by atoms with Crippen LogP contribution in [-0.4, -0.2) is 64.8 Å². The van der Waals surface area contributed by atoms with Gasteiger partial charge in [-0.3, -0.25) is 4.99 Å². The van der Waals surface area contributed by atoms with Gasteiger partial charge in [0, 0.05) is 28.4 Å². The molecule has 3 heterocycles. The summed E-state index contributed by atoms with van der Waals surface area (Å²) in [7, 11) is 3.07. The maximum atomic E-state index is 12.8. The summed E-state index contributed by atoms with van der Waals surface area (Å²) in [5.41, 5.74) is 2.73. The molecule has 1 aliphatic rings. The first-order chi connectivity index (χ1) is 21.2. The molecule has 0 saturated heterocycles. The number of likely N-dealkylation sites (N-methyl/N-ethyl adjacent to an activating group) is 1. The number of thioether (sulfide) groups is 1. The van der Waals surface area contributed by atoms with Gasteiger partial charge in [-0.05, 0) is 81.7 Å². The minimum absolute atomic E-state index is 0.134. The van der Waals surface area contributed by atoms with Crippen LogP contribution in [0.3, 0.4) is 0 Å². The van der Waals surface area contributed by atoms with Gasteiger partial charge in [0.05, 0.1) is 19.7 Å². The summed E-state index contributed by atoms with van der Waals surface area (Å²) in [6.07, 6.45) is 2.31. The number of amides is 1. The van der Waals surface area contributed by atoms with Crippen LogP contribution in [0.4, 0.5) is 10.6 Å². The molecule has 0 aliphatic carbocycles. The van der Waals surface area contributed by atoms with E-state index in [1.165, 1.54) is 12.0 Å². The number of benzene rings is 1. The van der Waals surface area contributed by atoms with Crippen molar-refractivity contribution in [2.45, 2.75) is 71.3 Å². The maximum absolute atomic E-state index is 12.8. The Morgan fingerprint density at radius 2 is 1.93 bits per heavy atom. The van der Waals surface area contributed by atoms with Crippen molar-refractivity contribution in [1.29, 1.82) is 0 Å². The van der Waals surface area contributed by atoms with Crippen molar-refractivity contribution in [2.24, 2.45) is 10.9 Å². The number of rotatable bonds is 10. The molecule has 1 aromatic carbocycles. The highest BCUT2D eigenvalue weighted by Crippen LogP contribution is 2.51. The van der Waals surface area contributed by atoms with Gasteiger partial charge in [-0.2, -0.15) is 0 Å². The van der Waals surface area contributed by atoms with Gasteiger partial charge >= 0.3 is 12.1 Å². The fourth-order valence-electron chi connectivity index (χ4n) is 5.24. The molecular weight excluding hydrogens is 609 g/mol. The molecule has 2 aromatic heterocycles. The van der Waals surface area contributed by atoms with Crippen molar-refractivity contribution in [3.8, 4) is 16.2 Å². The summed E-state index contributed by atoms with van der Waals surface area (Å²) in [6.45, 7) is 15.0. The maximum Gasteiger partial charge on any atom is 0.410 e. The van der Waals surface area contributed by atoms with Gasteiger partial charge in [0.15, 0.2) is 5.17 Å². The second-order valence-corrected chi connectivity index (χ2v) is 15.3. The van der Waals surface area contributed by atoms with Crippen molar-refractivity contribution < 1.29 is 23.8 Å². The average Bonchev–Trinajstić information content (AvgIpc) is 3.60. The smallest absolute Gasteiger partial charge is 0.410 e. The number of pyridine rings is 1. The number of nitrogens with one attached hydrogen (secondary N) is 1. The topological polar surface area (TPSA) is 102 Å². The van der Waals surface area contributed by atoms with Gasteiger partial charge in [0.2, 0.25) is 0 Å². The number of hydrogen-bond donors (Lipinski definition) is 1. The zero-order valence-corrected chi connectivity index (χ0v) is 29.2. The van der Waals surface area contributed by atoms with Crippen LogP contribution in [0.25, 0.3) is 10.4 Å². The van der Waals surface area contributed by atoms with Gasteiger partial charge < -0.3 is 24.4 Å². The largest absolute Gasteiger partial charge is 0.491 e. The Morgan fingerprint density at radius 1 is 1.18 bits per heavy atom. The van der Waals surface area contributed by atoms with Crippen molar-refractivity contribution in [3.05, 3.63) is 64.7 Å². The van der Waals surface area contributed by atoms with Gasteiger partial charge in [-0.25, -0.2) is 14.6 Å². The lowest BCUT2D eigenvalue weighted by atomic mass is 9.87. The number of aromatic nitrogens is 1. The molecule has 1 N–H and O–H groups in total. The summed E-state index contributed by atoms with van der Waals surface area (Å²) in [5, 5.41) is 6.04. The molecule has 0 bridgehead atoms. The normalized spacial score (nSPS) is 18.0. The van der Waals surface area contributed by atoms with E-state index in [9.17, 15) is 9.59 Å². The number of aryl methyl sites for hydroxylation is 1. The van der Waals surface area contributed by atoms with Crippen molar-refractivity contribution in [3.63, 3.8) is 0 Å². The third kappa shape index (κ3) is 8.79. The highest BCUT2D eigenvalue weighted by atomic mass is 32.2. The molecule has 11 heteroatoms. The van der Waals surface area contributed by atoms with Crippen LogP contribution in [0.1, 0.15) is 75.5 Å². The summed E-state index contributed by atoms with van der Waals surface area (Å²) in [6, 6.07) is 11.8. The molecule has 1 amide bonds. The molecule has 0 spiro atoms. The number of aliphatic imine (C=N–C) groups is 1. The molecule has 9 nitrogen and oxygen atoms in total. The molecule has 1 aliphatic heterocycles. The van der Waals surface area contributed by atoms with Gasteiger partial charge in [0.25, 0.3) is 0 Å². The number of nitrogens with zero attached hydrogens (tertiary/aromatic N) is 3. The second-order valence-electron chi connectivity index (χ2n) is 12.8. The number of methoxy groups -OCH3 is 1. The van der Waals surface area contributed by atoms with E-state index in [4.69, 9.17) is 19.2 Å². The van der Waals surface area contributed by atoms with E-state index in [0.29, 0.717) is 35.6 Å². The van der Waals surface area contributed by atoms with Crippen LogP contribution in [0.5, 0.6) is 5.75 Å². The third-order valence-corrected chi connectivity index (χ3v) is 9.37. The van der Waals surface area contributed by atoms with E-state index in [0.717, 1.165) is 33.7 Å². The van der Waals surface area contributed by atoms with Crippen LogP contribution in [0, 0.1) is 12.8 Å². The number of thiophene rings is 1. The molecule has 3 aromatic rings. The number of ether oxygens (including phenoxy) is 3. The lowest BCUT2D eigenvalue weighted by Gasteiger charge is -2.31. The monoisotopic (exact) mass is 652 g/mol. The molecule has 45 heavy (non-hydrogen) atoms. The van der Waals surface area contributed by atoms with E-state index in [-0.39, 0.29) is 16.9 Å². The van der Waals surface area contributed by atoms with E-state index >= 15 is 0 Å². The molecule has 2 atom stereocenters. The first kappa shape index (κ1) is 34.3. The molecule has 0 saturated carbocycles. The summed E-state index contributed by atoms with van der Waals surface area (Å²) in [5.74, 6) is 1.15. The predicted octanol–water partition coefficient (Wildman–Crippen LogP) is 8.21. The Labute approximate surface area is 274 Å². The Morgan fingerprint density at radius 3 is 2.56 bits per heavy atom. The van der Waals surface area contributed by atoms with Crippen molar-refractivity contribution in [1.82, 2.24) is 9.88 Å². The SMILES string of the molecule is COC(=O)c1cc(-c2cccs2)cnc1NC1=NC(c2ccc(OCCN(C)C(=O)OC(C)(C)C)c(C)c2)C(C)(CC(C)C)S1. The standard InChI is InChI=1S/C34H44N4O5S2/c1-21(2)19-34(7)28(23-12-13-26(22(3)17-23)42-15-14-38(8)32(40)43-33(4,5)6)36-31(45-34)37-29-25(30(39)41-9)18-24(20-35-29)27-11-10-16-44-27/h10-13,16-18,20-21,28H,14-15,19H2,1-9H3,(H,35,36,37). The Hall–Kier alpha value is -3.57. The highest BCUT2D eigenvalue weighted by Gasteiger charge is 2.43. The minimum atomic E-state index is -0.548. The van der Waals surface area contributed by atoms with E-state index < -0.39 is 11.6 Å². The lowest BCUT2D eigenvalue weighted by Crippen LogP contribution is -2.36. The minimum Gasteiger partial charge on any atom is -0.491 e. The van der Waals surface area contributed by atoms with Crippen LogP contribution >= 0.6 is 23.1 Å². The zero-order valence-electron chi connectivity index (χ0n) is 27.6. The van der Waals surface area contributed by atoms with Gasteiger partial charge in [0.1, 0.15) is 29.3 Å². The summed E-state index contributed by atoms with van der Waals surface area (Å²) >= 11 is 3.26. The van der Waals surface area contributed by atoms with Gasteiger partial charge in [-0.15, -0.1) is 11.3 Å². The average molecular weight is 653 g/mol. The Kier molecular flexibility index (Phi) is 10.9. The van der Waals surface area contributed by atoms with E-state index in [1.54, 1.807) is 36.3 Å².